The van der Waals surface area contributed by atoms with E-state index in [0.29, 0.717) is 28.0 Å². The van der Waals surface area contributed by atoms with Crippen molar-refractivity contribution in [3.63, 3.8) is 0 Å². The third-order valence-corrected chi connectivity index (χ3v) is 4.91. The lowest BCUT2D eigenvalue weighted by Crippen LogP contribution is -2.14. The van der Waals surface area contributed by atoms with Crippen LogP contribution in [0.2, 0.25) is 5.02 Å². The van der Waals surface area contributed by atoms with Gasteiger partial charge in [0.1, 0.15) is 5.02 Å². The Balaban J connectivity index is 1.77. The summed E-state index contributed by atoms with van der Waals surface area (Å²) < 4.78 is 3.33. The number of pyridine rings is 1. The van der Waals surface area contributed by atoms with Gasteiger partial charge in [0.05, 0.1) is 22.8 Å². The molecule has 4 rings (SSSR count). The number of amides is 1. The Kier molecular flexibility index (Phi) is 3.35. The zero-order valence-corrected chi connectivity index (χ0v) is 14.4. The molecular weight excluding hydrogens is 328 g/mol. The molecule has 1 aliphatic rings. The number of anilines is 1. The molecule has 7 nitrogen and oxygen atoms in total. The summed E-state index contributed by atoms with van der Waals surface area (Å²) in [5.41, 5.74) is 3.01. The van der Waals surface area contributed by atoms with Crippen LogP contribution in [0.25, 0.3) is 11.0 Å². The summed E-state index contributed by atoms with van der Waals surface area (Å²) in [7, 11) is 3.61. The lowest BCUT2D eigenvalue weighted by atomic mass is 10.1. The van der Waals surface area contributed by atoms with Crippen LogP contribution in [0.15, 0.2) is 12.3 Å². The number of carbonyl (C=O) groups is 1. The van der Waals surface area contributed by atoms with Crippen LogP contribution in [-0.4, -0.2) is 30.5 Å². The maximum Gasteiger partial charge on any atom is 0.257 e. The van der Waals surface area contributed by atoms with Gasteiger partial charge in [0.15, 0.2) is 11.5 Å². The Labute approximate surface area is 143 Å². The van der Waals surface area contributed by atoms with Crippen molar-refractivity contribution < 1.29 is 4.79 Å². The van der Waals surface area contributed by atoms with Crippen LogP contribution in [0.5, 0.6) is 0 Å². The number of hydrogen-bond acceptors (Lipinski definition) is 4. The molecular formula is C16H17ClN6O. The van der Waals surface area contributed by atoms with Crippen LogP contribution in [0, 0.1) is 6.92 Å². The second-order valence-corrected chi connectivity index (χ2v) is 6.58. The fraction of sp³-hybridized carbons (Fsp3) is 0.375. The molecule has 0 aliphatic heterocycles. The Hall–Kier alpha value is -2.41. The van der Waals surface area contributed by atoms with E-state index in [2.05, 4.69) is 20.5 Å². The molecule has 1 amide bonds. The van der Waals surface area contributed by atoms with E-state index in [1.54, 1.807) is 22.6 Å². The van der Waals surface area contributed by atoms with E-state index in [0.717, 1.165) is 29.6 Å². The van der Waals surface area contributed by atoms with Crippen molar-refractivity contribution in [3.8, 4) is 0 Å². The zero-order chi connectivity index (χ0) is 17.0. The van der Waals surface area contributed by atoms with Crippen molar-refractivity contribution in [1.29, 1.82) is 0 Å². The van der Waals surface area contributed by atoms with Gasteiger partial charge in [-0.3, -0.25) is 14.2 Å². The van der Waals surface area contributed by atoms with Gasteiger partial charge in [-0.05, 0) is 25.8 Å². The van der Waals surface area contributed by atoms with E-state index in [4.69, 9.17) is 11.6 Å². The average molecular weight is 345 g/mol. The molecule has 3 aromatic rings. The summed E-state index contributed by atoms with van der Waals surface area (Å²) in [6, 6.07) is 1.86. The highest BCUT2D eigenvalue weighted by atomic mass is 35.5. The molecule has 0 bridgehead atoms. The van der Waals surface area contributed by atoms with Crippen LogP contribution in [0.3, 0.4) is 0 Å². The SMILES string of the molecule is Cc1c(Cl)c(NC(=O)c2cc(C3CC3)nc3c2cnn3C)nn1C. The van der Waals surface area contributed by atoms with E-state index < -0.39 is 0 Å². The summed E-state index contributed by atoms with van der Waals surface area (Å²) in [5.74, 6) is 0.553. The minimum atomic E-state index is -0.252. The summed E-state index contributed by atoms with van der Waals surface area (Å²) in [6.07, 6.45) is 3.89. The van der Waals surface area contributed by atoms with Gasteiger partial charge >= 0.3 is 0 Å². The highest BCUT2D eigenvalue weighted by molar-refractivity contribution is 6.34. The van der Waals surface area contributed by atoms with Crippen molar-refractivity contribution >= 4 is 34.4 Å². The van der Waals surface area contributed by atoms with Crippen LogP contribution in [0.4, 0.5) is 5.82 Å². The van der Waals surface area contributed by atoms with Crippen LogP contribution in [-0.2, 0) is 14.1 Å². The number of nitrogens with one attached hydrogen (secondary N) is 1. The first-order chi connectivity index (χ1) is 11.5. The smallest absolute Gasteiger partial charge is 0.257 e. The minimum Gasteiger partial charge on any atom is -0.304 e. The largest absolute Gasteiger partial charge is 0.304 e. The molecule has 1 aliphatic carbocycles. The fourth-order valence-electron chi connectivity index (χ4n) is 2.75. The molecule has 3 heterocycles. The molecule has 124 valence electrons. The number of carbonyl (C=O) groups excluding carboxylic acids is 1. The van der Waals surface area contributed by atoms with Crippen molar-refractivity contribution in [2.75, 3.05) is 5.32 Å². The van der Waals surface area contributed by atoms with E-state index >= 15 is 0 Å². The molecule has 0 saturated heterocycles. The first-order valence-corrected chi connectivity index (χ1v) is 8.16. The first kappa shape index (κ1) is 15.1. The third-order valence-electron chi connectivity index (χ3n) is 4.46. The molecule has 0 atom stereocenters. The first-order valence-electron chi connectivity index (χ1n) is 7.78. The number of halogens is 1. The highest BCUT2D eigenvalue weighted by Gasteiger charge is 2.28. The van der Waals surface area contributed by atoms with Gasteiger partial charge in [0, 0.05) is 25.7 Å². The molecule has 0 aromatic carbocycles. The molecule has 0 unspecified atom stereocenters. The molecule has 3 aromatic heterocycles. The Morgan fingerprint density at radius 1 is 1.33 bits per heavy atom. The number of rotatable bonds is 3. The molecule has 24 heavy (non-hydrogen) atoms. The van der Waals surface area contributed by atoms with E-state index in [1.165, 1.54) is 0 Å². The molecule has 0 radical (unpaired) electrons. The summed E-state index contributed by atoms with van der Waals surface area (Å²) >= 11 is 6.23. The number of aryl methyl sites for hydroxylation is 2. The van der Waals surface area contributed by atoms with E-state index in [1.807, 2.05) is 20.0 Å². The predicted octanol–water partition coefficient (Wildman–Crippen LogP) is 2.79. The third kappa shape index (κ3) is 2.36. The summed E-state index contributed by atoms with van der Waals surface area (Å²) in [4.78, 5) is 17.5. The van der Waals surface area contributed by atoms with Gasteiger partial charge in [0.25, 0.3) is 5.91 Å². The highest BCUT2D eigenvalue weighted by Crippen LogP contribution is 2.40. The maximum atomic E-state index is 12.8. The molecule has 1 N–H and O–H groups in total. The lowest BCUT2D eigenvalue weighted by molar-refractivity contribution is 0.102. The molecule has 1 fully saturated rings. The topological polar surface area (TPSA) is 77.6 Å². The second kappa shape index (κ2) is 5.31. The molecule has 8 heteroatoms. The van der Waals surface area contributed by atoms with Crippen molar-refractivity contribution in [3.05, 3.63) is 34.2 Å². The number of aromatic nitrogens is 5. The maximum absolute atomic E-state index is 12.8. The minimum absolute atomic E-state index is 0.252. The van der Waals surface area contributed by atoms with Gasteiger partial charge in [-0.25, -0.2) is 4.98 Å². The Morgan fingerprint density at radius 3 is 2.71 bits per heavy atom. The number of hydrogen-bond donors (Lipinski definition) is 1. The predicted molar refractivity (Wildman–Crippen MR) is 91.4 cm³/mol. The normalized spacial score (nSPS) is 14.3. The molecule has 1 saturated carbocycles. The number of nitrogens with zero attached hydrogens (tertiary/aromatic N) is 5. The van der Waals surface area contributed by atoms with Crippen molar-refractivity contribution in [1.82, 2.24) is 24.5 Å². The van der Waals surface area contributed by atoms with E-state index in [9.17, 15) is 4.79 Å². The van der Waals surface area contributed by atoms with Gasteiger partial charge in [-0.2, -0.15) is 10.2 Å². The average Bonchev–Trinajstić information content (AvgIpc) is 3.31. The standard InChI is InChI=1S/C16H17ClN6O/c1-8-13(17)14(21-22(8)2)20-16(24)10-6-12(9-4-5-9)19-15-11(10)7-18-23(15)3/h6-7,9H,4-5H2,1-3H3,(H,20,21,24). The number of fused-ring (bicyclic) bond motifs is 1. The Bertz CT molecular complexity index is 969. The van der Waals surface area contributed by atoms with Crippen LogP contribution in [0.1, 0.15) is 40.5 Å². The van der Waals surface area contributed by atoms with Gasteiger partial charge < -0.3 is 5.32 Å². The van der Waals surface area contributed by atoms with Crippen molar-refractivity contribution in [2.24, 2.45) is 14.1 Å². The lowest BCUT2D eigenvalue weighted by Gasteiger charge is -2.07. The summed E-state index contributed by atoms with van der Waals surface area (Å²) in [5, 5.41) is 12.5. The summed E-state index contributed by atoms with van der Waals surface area (Å²) in [6.45, 7) is 1.85. The van der Waals surface area contributed by atoms with Gasteiger partial charge in [-0.1, -0.05) is 11.6 Å². The van der Waals surface area contributed by atoms with Gasteiger partial charge in [-0.15, -0.1) is 0 Å². The van der Waals surface area contributed by atoms with Gasteiger partial charge in [0.2, 0.25) is 0 Å². The molecule has 0 spiro atoms. The fourth-order valence-corrected chi connectivity index (χ4v) is 2.95. The van der Waals surface area contributed by atoms with Crippen LogP contribution < -0.4 is 5.32 Å². The Morgan fingerprint density at radius 2 is 2.08 bits per heavy atom. The quantitative estimate of drug-likeness (QED) is 0.792. The second-order valence-electron chi connectivity index (χ2n) is 6.20. The zero-order valence-electron chi connectivity index (χ0n) is 13.7. The monoisotopic (exact) mass is 344 g/mol. The van der Waals surface area contributed by atoms with Crippen LogP contribution >= 0.6 is 11.6 Å². The van der Waals surface area contributed by atoms with E-state index in [-0.39, 0.29) is 5.91 Å². The van der Waals surface area contributed by atoms with Crippen molar-refractivity contribution in [2.45, 2.75) is 25.7 Å².